The van der Waals surface area contributed by atoms with E-state index in [1.807, 2.05) is 33.8 Å². The van der Waals surface area contributed by atoms with Gasteiger partial charge in [0.05, 0.1) is 25.7 Å². The van der Waals surface area contributed by atoms with Gasteiger partial charge in [-0.25, -0.2) is 0 Å². The first kappa shape index (κ1) is 37.0. The van der Waals surface area contributed by atoms with Crippen LogP contribution in [0.5, 0.6) is 23.0 Å². The Hall–Kier alpha value is -3.49. The number of fused-ring (bicyclic) bond motifs is 2. The van der Waals surface area contributed by atoms with E-state index in [0.29, 0.717) is 65.4 Å². The number of methoxy groups -OCH3 is 1. The minimum atomic E-state index is -0.302. The van der Waals surface area contributed by atoms with E-state index in [1.165, 1.54) is 0 Å². The number of ether oxygens (including phenoxy) is 3. The molecule has 0 aliphatic carbocycles. The summed E-state index contributed by atoms with van der Waals surface area (Å²) in [6.07, 6.45) is 6.66. The average molecular weight is 637 g/mol. The number of aromatic hydroxyl groups is 1. The van der Waals surface area contributed by atoms with Gasteiger partial charge < -0.3 is 33.5 Å². The van der Waals surface area contributed by atoms with Crippen LogP contribution in [0.15, 0.2) is 44.6 Å². The molecule has 0 aliphatic heterocycles. The van der Waals surface area contributed by atoms with E-state index in [2.05, 4.69) is 43.6 Å². The third kappa shape index (κ3) is 9.29. The molecule has 0 amide bonds. The molecule has 0 spiro atoms. The molecule has 8 heteroatoms. The number of rotatable bonds is 19. The molecule has 3 rings (SSSR count). The average Bonchev–Trinajstić information content (AvgIpc) is 3.02. The van der Waals surface area contributed by atoms with E-state index >= 15 is 0 Å². The smallest absolute Gasteiger partial charge is 0.204 e. The Bertz CT molecular complexity index is 1560. The summed E-state index contributed by atoms with van der Waals surface area (Å²) in [5.41, 5.74) is 3.84. The summed E-state index contributed by atoms with van der Waals surface area (Å²) in [4.78, 5) is 19.1. The summed E-state index contributed by atoms with van der Waals surface area (Å²) < 4.78 is 24.9. The first-order valence-electron chi connectivity index (χ1n) is 16.9. The van der Waals surface area contributed by atoms with Gasteiger partial charge in [0.15, 0.2) is 11.5 Å². The van der Waals surface area contributed by atoms with Crippen LogP contribution >= 0.6 is 0 Å². The van der Waals surface area contributed by atoms with Crippen molar-refractivity contribution in [2.24, 2.45) is 0 Å². The predicted molar refractivity (Wildman–Crippen MR) is 190 cm³/mol. The van der Waals surface area contributed by atoms with Crippen molar-refractivity contribution in [1.82, 2.24) is 9.80 Å². The first-order chi connectivity index (χ1) is 22.1. The van der Waals surface area contributed by atoms with E-state index in [-0.39, 0.29) is 22.1 Å². The van der Waals surface area contributed by atoms with Gasteiger partial charge in [0, 0.05) is 36.3 Å². The second kappa shape index (κ2) is 18.0. The highest BCUT2D eigenvalue weighted by molar-refractivity contribution is 5.98. The molecule has 1 heterocycles. The van der Waals surface area contributed by atoms with Crippen molar-refractivity contribution in [3.05, 3.63) is 56.8 Å². The van der Waals surface area contributed by atoms with Gasteiger partial charge in [-0.2, -0.15) is 0 Å². The summed E-state index contributed by atoms with van der Waals surface area (Å²) in [6, 6.07) is 3.50. The van der Waals surface area contributed by atoms with Crippen LogP contribution in [-0.2, 0) is 12.8 Å². The fourth-order valence-corrected chi connectivity index (χ4v) is 5.69. The Balaban J connectivity index is 2.19. The van der Waals surface area contributed by atoms with Gasteiger partial charge in [0.2, 0.25) is 5.43 Å². The van der Waals surface area contributed by atoms with E-state index in [1.54, 1.807) is 19.2 Å². The fraction of sp³-hybridized carbons (Fsp3) is 0.553. The van der Waals surface area contributed by atoms with Gasteiger partial charge in [-0.3, -0.25) is 4.79 Å². The number of phenolic OH excluding ortho intramolecular Hbond substituents is 1. The molecule has 254 valence electrons. The van der Waals surface area contributed by atoms with Crippen LogP contribution in [0.3, 0.4) is 0 Å². The number of allylic oxidation sites excluding steroid dienone is 4. The molecule has 2 aromatic carbocycles. The Morgan fingerprint density at radius 3 is 1.74 bits per heavy atom. The third-order valence-corrected chi connectivity index (χ3v) is 8.49. The van der Waals surface area contributed by atoms with Gasteiger partial charge in [-0.1, -0.05) is 51.0 Å². The summed E-state index contributed by atoms with van der Waals surface area (Å²) in [5, 5.41) is 12.2. The topological polar surface area (TPSA) is 84.6 Å². The molecule has 3 aromatic rings. The largest absolute Gasteiger partial charge is 0.507 e. The Labute approximate surface area is 275 Å². The maximum absolute atomic E-state index is 14.4. The zero-order valence-corrected chi connectivity index (χ0v) is 29.7. The molecule has 1 N–H and O–H groups in total. The minimum Gasteiger partial charge on any atom is -0.507 e. The first-order valence-corrected chi connectivity index (χ1v) is 16.9. The summed E-state index contributed by atoms with van der Waals surface area (Å²) in [6.45, 7) is 23.5. The molecule has 0 saturated carbocycles. The van der Waals surface area contributed by atoms with E-state index in [0.717, 1.165) is 63.3 Å². The highest BCUT2D eigenvalue weighted by Gasteiger charge is 2.24. The molecule has 0 saturated heterocycles. The van der Waals surface area contributed by atoms with Crippen molar-refractivity contribution in [1.29, 1.82) is 0 Å². The van der Waals surface area contributed by atoms with Crippen LogP contribution < -0.4 is 19.6 Å². The highest BCUT2D eigenvalue weighted by atomic mass is 16.5. The van der Waals surface area contributed by atoms with Crippen LogP contribution in [0.2, 0.25) is 0 Å². The predicted octanol–water partition coefficient (Wildman–Crippen LogP) is 7.90. The lowest BCUT2D eigenvalue weighted by molar-refractivity contribution is 0.242. The molecule has 0 radical (unpaired) electrons. The third-order valence-electron chi connectivity index (χ3n) is 8.49. The van der Waals surface area contributed by atoms with Crippen LogP contribution in [0, 0.1) is 0 Å². The Morgan fingerprint density at radius 1 is 0.761 bits per heavy atom. The van der Waals surface area contributed by atoms with Crippen molar-refractivity contribution in [2.45, 2.75) is 81.1 Å². The normalized spacial score (nSPS) is 11.5. The van der Waals surface area contributed by atoms with E-state index in [9.17, 15) is 9.90 Å². The van der Waals surface area contributed by atoms with Crippen LogP contribution in [-0.4, -0.2) is 74.5 Å². The van der Waals surface area contributed by atoms with Gasteiger partial charge >= 0.3 is 0 Å². The summed E-state index contributed by atoms with van der Waals surface area (Å²) in [5.74, 6) is 1.47. The number of phenols is 1. The second-order valence-corrected chi connectivity index (χ2v) is 12.2. The fourth-order valence-electron chi connectivity index (χ4n) is 5.69. The van der Waals surface area contributed by atoms with Gasteiger partial charge in [-0.05, 0) is 79.6 Å². The molecule has 0 fully saturated rings. The lowest BCUT2D eigenvalue weighted by atomic mass is 9.98. The van der Waals surface area contributed by atoms with Crippen molar-refractivity contribution >= 4 is 21.9 Å². The molecule has 1 aromatic heterocycles. The number of hydrogen-bond acceptors (Lipinski definition) is 8. The van der Waals surface area contributed by atoms with Gasteiger partial charge in [-0.15, -0.1) is 0 Å². The molecule has 0 unspecified atom stereocenters. The molecule has 0 aliphatic rings. The second-order valence-electron chi connectivity index (χ2n) is 12.2. The zero-order valence-electron chi connectivity index (χ0n) is 29.7. The van der Waals surface area contributed by atoms with E-state index < -0.39 is 0 Å². The van der Waals surface area contributed by atoms with Crippen molar-refractivity contribution in [2.75, 3.05) is 59.6 Å². The van der Waals surface area contributed by atoms with E-state index in [4.69, 9.17) is 18.6 Å². The van der Waals surface area contributed by atoms with Gasteiger partial charge in [0.25, 0.3) is 0 Å². The molecule has 46 heavy (non-hydrogen) atoms. The molecule has 0 bridgehead atoms. The molecule has 0 atom stereocenters. The molecule has 8 nitrogen and oxygen atoms in total. The van der Waals surface area contributed by atoms with Crippen LogP contribution in [0.1, 0.15) is 79.4 Å². The number of benzene rings is 2. The summed E-state index contributed by atoms with van der Waals surface area (Å²) in [7, 11) is 1.59. The quantitative estimate of drug-likeness (QED) is 0.0808. The Morgan fingerprint density at radius 2 is 1.24 bits per heavy atom. The highest BCUT2D eigenvalue weighted by Crippen LogP contribution is 2.41. The lowest BCUT2D eigenvalue weighted by Gasteiger charge is -2.20. The van der Waals surface area contributed by atoms with Crippen LogP contribution in [0.4, 0.5) is 0 Å². The van der Waals surface area contributed by atoms with Gasteiger partial charge in [0.1, 0.15) is 28.1 Å². The van der Waals surface area contributed by atoms with Crippen LogP contribution in [0.25, 0.3) is 21.9 Å². The molecular formula is C38H56N2O6. The zero-order chi connectivity index (χ0) is 33.8. The number of nitrogens with zero attached hydrogens (tertiary/aromatic N) is 2. The standard InChI is InChI=1S/C38H56N2O6/c1-10-39(11-2)20-14-22-44-30-24-32-35(36(41)28(30)18-16-26(5)6)37(42)34-29(19-17-27(7)8)38(43-9)33(25-31(34)46-32)45-23-15-21-40(12-3)13-4/h16-17,24-25,41H,10-15,18-23H2,1-9H3. The van der Waals surface area contributed by atoms with Crippen molar-refractivity contribution in [3.63, 3.8) is 0 Å². The maximum atomic E-state index is 14.4. The van der Waals surface area contributed by atoms with Crippen molar-refractivity contribution in [3.8, 4) is 23.0 Å². The summed E-state index contributed by atoms with van der Waals surface area (Å²) >= 11 is 0. The lowest BCUT2D eigenvalue weighted by Crippen LogP contribution is -2.25. The molecular weight excluding hydrogens is 580 g/mol. The van der Waals surface area contributed by atoms with Crippen molar-refractivity contribution < 1.29 is 23.7 Å². The number of hydrogen-bond donors (Lipinski definition) is 1. The monoisotopic (exact) mass is 636 g/mol. The SMILES string of the molecule is CCN(CC)CCCOc1cc2oc3cc(OCCCN(CC)CC)c(OC)c(CC=C(C)C)c3c(=O)c2c(O)c1CC=C(C)C. The minimum absolute atomic E-state index is 0.103. The maximum Gasteiger partial charge on any atom is 0.204 e. The Kier molecular flexibility index (Phi) is 14.5.